The third-order valence-electron chi connectivity index (χ3n) is 5.51. The Morgan fingerprint density at radius 2 is 1.85 bits per heavy atom. The number of aryl methyl sites for hydroxylation is 1. The third-order valence-corrected chi connectivity index (χ3v) is 5.51. The number of pyridine rings is 1. The van der Waals surface area contributed by atoms with Crippen molar-refractivity contribution in [3.63, 3.8) is 0 Å². The highest BCUT2D eigenvalue weighted by Gasteiger charge is 2.49. The standard InChI is InChI=1S/C26H24N4O3/c1-18-9-12-20(13-10-18)26(2)24(32)30(25(33)29-26)17-23(31)28-22-8-5-6-19(16-22)11-14-21-7-3-4-15-27-21/h3-16H,17H2,1-2H3,(H,28,31)(H,29,33)/b14-11+/t26-/m1/s1. The van der Waals surface area contributed by atoms with E-state index in [1.807, 2.05) is 61.5 Å². The van der Waals surface area contributed by atoms with Crippen LogP contribution < -0.4 is 10.6 Å². The minimum absolute atomic E-state index is 0.375. The minimum atomic E-state index is -1.21. The Labute approximate surface area is 192 Å². The van der Waals surface area contributed by atoms with E-state index in [1.165, 1.54) is 0 Å². The largest absolute Gasteiger partial charge is 0.325 e. The third kappa shape index (κ3) is 4.82. The van der Waals surface area contributed by atoms with Gasteiger partial charge in [-0.05, 0) is 55.3 Å². The van der Waals surface area contributed by atoms with Gasteiger partial charge in [0, 0.05) is 11.9 Å². The van der Waals surface area contributed by atoms with Gasteiger partial charge in [-0.3, -0.25) is 19.5 Å². The molecule has 3 aromatic rings. The molecule has 33 heavy (non-hydrogen) atoms. The Morgan fingerprint density at radius 3 is 2.58 bits per heavy atom. The van der Waals surface area contributed by atoms with Gasteiger partial charge in [0.2, 0.25) is 5.91 Å². The maximum Gasteiger partial charge on any atom is 0.325 e. The van der Waals surface area contributed by atoms with E-state index in [-0.39, 0.29) is 6.54 Å². The lowest BCUT2D eigenvalue weighted by Gasteiger charge is -2.22. The number of urea groups is 1. The van der Waals surface area contributed by atoms with Crippen LogP contribution in [0.5, 0.6) is 0 Å². The van der Waals surface area contributed by atoms with Crippen LogP contribution in [0.25, 0.3) is 12.2 Å². The van der Waals surface area contributed by atoms with Crippen LogP contribution in [0.15, 0.2) is 72.9 Å². The zero-order chi connectivity index (χ0) is 23.4. The Morgan fingerprint density at radius 1 is 1.06 bits per heavy atom. The predicted octanol–water partition coefficient (Wildman–Crippen LogP) is 3.97. The van der Waals surface area contributed by atoms with Gasteiger partial charge in [-0.25, -0.2) is 4.79 Å². The second kappa shape index (κ2) is 9.08. The van der Waals surface area contributed by atoms with Crippen LogP contribution in [0.1, 0.15) is 29.3 Å². The van der Waals surface area contributed by atoms with E-state index in [9.17, 15) is 14.4 Å². The molecular weight excluding hydrogens is 416 g/mol. The molecule has 1 saturated heterocycles. The van der Waals surface area contributed by atoms with Crippen molar-refractivity contribution in [2.45, 2.75) is 19.4 Å². The molecule has 1 aliphatic heterocycles. The number of amides is 4. The van der Waals surface area contributed by atoms with Crippen molar-refractivity contribution in [3.05, 3.63) is 95.3 Å². The summed E-state index contributed by atoms with van der Waals surface area (Å²) >= 11 is 0. The number of aromatic nitrogens is 1. The first-order chi connectivity index (χ1) is 15.8. The van der Waals surface area contributed by atoms with Gasteiger partial charge in [-0.2, -0.15) is 0 Å². The first-order valence-electron chi connectivity index (χ1n) is 10.6. The average molecular weight is 441 g/mol. The molecule has 7 heteroatoms. The predicted molar refractivity (Wildman–Crippen MR) is 127 cm³/mol. The van der Waals surface area contributed by atoms with E-state index in [2.05, 4.69) is 15.6 Å². The maximum absolute atomic E-state index is 13.0. The second-order valence-electron chi connectivity index (χ2n) is 8.07. The van der Waals surface area contributed by atoms with Crippen LogP contribution >= 0.6 is 0 Å². The summed E-state index contributed by atoms with van der Waals surface area (Å²) in [6.07, 6.45) is 5.48. The summed E-state index contributed by atoms with van der Waals surface area (Å²) in [5, 5.41) is 5.48. The fraction of sp³-hybridized carbons (Fsp3) is 0.154. The molecule has 1 aliphatic rings. The van der Waals surface area contributed by atoms with Gasteiger partial charge < -0.3 is 10.6 Å². The molecule has 0 saturated carbocycles. The topological polar surface area (TPSA) is 91.4 Å². The number of carbonyl (C=O) groups is 3. The quantitative estimate of drug-likeness (QED) is 0.568. The van der Waals surface area contributed by atoms with Crippen LogP contribution in [-0.4, -0.2) is 34.3 Å². The maximum atomic E-state index is 13.0. The molecular formula is C26H24N4O3. The van der Waals surface area contributed by atoms with Gasteiger partial charge in [-0.1, -0.05) is 54.1 Å². The first-order valence-corrected chi connectivity index (χ1v) is 10.6. The fourth-order valence-electron chi connectivity index (χ4n) is 3.64. The van der Waals surface area contributed by atoms with E-state index < -0.39 is 23.4 Å². The zero-order valence-corrected chi connectivity index (χ0v) is 18.4. The smallest absolute Gasteiger partial charge is 0.325 e. The second-order valence-corrected chi connectivity index (χ2v) is 8.07. The highest BCUT2D eigenvalue weighted by Crippen LogP contribution is 2.29. The molecule has 2 N–H and O–H groups in total. The fourth-order valence-corrected chi connectivity index (χ4v) is 3.64. The number of nitrogens with one attached hydrogen (secondary N) is 2. The van der Waals surface area contributed by atoms with Crippen molar-refractivity contribution < 1.29 is 14.4 Å². The zero-order valence-electron chi connectivity index (χ0n) is 18.4. The van der Waals surface area contributed by atoms with Crippen LogP contribution in [0.3, 0.4) is 0 Å². The van der Waals surface area contributed by atoms with Gasteiger partial charge >= 0.3 is 6.03 Å². The summed E-state index contributed by atoms with van der Waals surface area (Å²) in [6, 6.07) is 19.7. The number of rotatable bonds is 6. The number of anilines is 1. The van der Waals surface area contributed by atoms with Crippen molar-refractivity contribution >= 4 is 35.7 Å². The van der Waals surface area contributed by atoms with Crippen LogP contribution in [0.4, 0.5) is 10.5 Å². The average Bonchev–Trinajstić information content (AvgIpc) is 3.03. The van der Waals surface area contributed by atoms with Gasteiger partial charge in [0.1, 0.15) is 12.1 Å². The van der Waals surface area contributed by atoms with E-state index in [1.54, 1.807) is 37.4 Å². The van der Waals surface area contributed by atoms with Crippen molar-refractivity contribution in [1.82, 2.24) is 15.2 Å². The van der Waals surface area contributed by atoms with Crippen molar-refractivity contribution in [2.75, 3.05) is 11.9 Å². The summed E-state index contributed by atoms with van der Waals surface area (Å²) in [5.41, 5.74) is 2.77. The number of hydrogen-bond acceptors (Lipinski definition) is 4. The van der Waals surface area contributed by atoms with E-state index >= 15 is 0 Å². The summed E-state index contributed by atoms with van der Waals surface area (Å²) < 4.78 is 0. The Kier molecular flexibility index (Phi) is 6.04. The lowest BCUT2D eigenvalue weighted by molar-refractivity contribution is -0.133. The number of imide groups is 1. The van der Waals surface area contributed by atoms with E-state index in [4.69, 9.17) is 0 Å². The summed E-state index contributed by atoms with van der Waals surface area (Å²) in [6.45, 7) is 3.22. The Bertz CT molecular complexity index is 1220. The molecule has 4 rings (SSSR count). The molecule has 0 aliphatic carbocycles. The minimum Gasteiger partial charge on any atom is -0.325 e. The SMILES string of the molecule is Cc1ccc([C@@]2(C)NC(=O)N(CC(=O)Nc3cccc(/C=C/c4ccccn4)c3)C2=O)cc1. The molecule has 1 aromatic heterocycles. The lowest BCUT2D eigenvalue weighted by atomic mass is 9.91. The lowest BCUT2D eigenvalue weighted by Crippen LogP contribution is -2.42. The van der Waals surface area contributed by atoms with Crippen LogP contribution in [0, 0.1) is 6.92 Å². The summed E-state index contributed by atoms with van der Waals surface area (Å²) in [5.74, 6) is -0.920. The van der Waals surface area contributed by atoms with Crippen LogP contribution in [-0.2, 0) is 15.1 Å². The molecule has 4 amide bonds. The van der Waals surface area contributed by atoms with Gasteiger partial charge in [-0.15, -0.1) is 0 Å². The van der Waals surface area contributed by atoms with E-state index in [0.29, 0.717) is 11.3 Å². The monoisotopic (exact) mass is 440 g/mol. The molecule has 0 bridgehead atoms. The summed E-state index contributed by atoms with van der Waals surface area (Å²) in [4.78, 5) is 43.3. The molecule has 0 unspecified atom stereocenters. The normalized spacial score (nSPS) is 17.9. The molecule has 0 spiro atoms. The first kappa shape index (κ1) is 22.0. The highest BCUT2D eigenvalue weighted by molar-refractivity contribution is 6.10. The van der Waals surface area contributed by atoms with Gasteiger partial charge in [0.05, 0.1) is 5.69 Å². The van der Waals surface area contributed by atoms with Crippen molar-refractivity contribution in [1.29, 1.82) is 0 Å². The number of nitrogens with zero attached hydrogens (tertiary/aromatic N) is 2. The summed E-state index contributed by atoms with van der Waals surface area (Å²) in [7, 11) is 0. The van der Waals surface area contributed by atoms with Crippen molar-refractivity contribution in [2.24, 2.45) is 0 Å². The number of carbonyl (C=O) groups excluding carboxylic acids is 3. The molecule has 7 nitrogen and oxygen atoms in total. The van der Waals surface area contributed by atoms with Crippen LogP contribution in [0.2, 0.25) is 0 Å². The number of benzene rings is 2. The Balaban J connectivity index is 1.42. The van der Waals surface area contributed by atoms with E-state index in [0.717, 1.165) is 21.7 Å². The Hall–Kier alpha value is -4.26. The molecule has 1 atom stereocenters. The highest BCUT2D eigenvalue weighted by atomic mass is 16.2. The van der Waals surface area contributed by atoms with Gasteiger partial charge in [0.15, 0.2) is 0 Å². The van der Waals surface area contributed by atoms with Crippen molar-refractivity contribution in [3.8, 4) is 0 Å². The van der Waals surface area contributed by atoms with Gasteiger partial charge in [0.25, 0.3) is 5.91 Å². The molecule has 2 heterocycles. The molecule has 166 valence electrons. The molecule has 0 radical (unpaired) electrons. The molecule has 1 fully saturated rings. The number of hydrogen-bond donors (Lipinski definition) is 2. The molecule has 2 aromatic carbocycles.